The molecule has 23 heavy (non-hydrogen) atoms. The zero-order valence-corrected chi connectivity index (χ0v) is 13.3. The maximum Gasteiger partial charge on any atom is 0.309 e. The van der Waals surface area contributed by atoms with Gasteiger partial charge in [-0.1, -0.05) is 61.5 Å². The maximum absolute atomic E-state index is 14.8. The van der Waals surface area contributed by atoms with Crippen LogP contribution in [-0.2, 0) is 21.9 Å². The van der Waals surface area contributed by atoms with Crippen molar-refractivity contribution in [2.24, 2.45) is 0 Å². The zero-order chi connectivity index (χ0) is 16.9. The molecule has 0 aromatic heterocycles. The fourth-order valence-electron chi connectivity index (χ4n) is 2.67. The van der Waals surface area contributed by atoms with Gasteiger partial charge in [-0.05, 0) is 17.5 Å². The first-order valence-corrected chi connectivity index (χ1v) is 7.58. The summed E-state index contributed by atoms with van der Waals surface area (Å²) in [6.45, 7) is 1.75. The standard InChI is InChI=1S/C19H20F2O2/c1-3-17(19(20,21)16-7-5-4-6-8-16)15-11-9-14(10-12-15)13-18(22)23-2/h4-12,17H,3,13H2,1-2H3. The highest BCUT2D eigenvalue weighted by molar-refractivity contribution is 5.72. The molecule has 0 fully saturated rings. The number of hydrogen-bond acceptors (Lipinski definition) is 2. The van der Waals surface area contributed by atoms with Crippen LogP contribution in [0.1, 0.15) is 36.0 Å². The lowest BCUT2D eigenvalue weighted by atomic mass is 9.86. The molecule has 0 heterocycles. The summed E-state index contributed by atoms with van der Waals surface area (Å²) in [7, 11) is 1.32. The zero-order valence-electron chi connectivity index (χ0n) is 13.3. The highest BCUT2D eigenvalue weighted by Gasteiger charge is 2.40. The van der Waals surface area contributed by atoms with Gasteiger partial charge in [0, 0.05) is 5.56 Å². The molecule has 2 rings (SSSR count). The summed E-state index contributed by atoms with van der Waals surface area (Å²) in [5.41, 5.74) is 1.33. The lowest BCUT2D eigenvalue weighted by molar-refractivity contribution is -0.139. The second-order valence-corrected chi connectivity index (χ2v) is 5.44. The Kier molecular flexibility index (Phi) is 5.48. The van der Waals surface area contributed by atoms with E-state index in [1.165, 1.54) is 19.2 Å². The first-order valence-electron chi connectivity index (χ1n) is 7.58. The highest BCUT2D eigenvalue weighted by Crippen LogP contribution is 2.43. The van der Waals surface area contributed by atoms with Gasteiger partial charge >= 0.3 is 5.97 Å². The summed E-state index contributed by atoms with van der Waals surface area (Å²) < 4.78 is 34.2. The van der Waals surface area contributed by atoms with Gasteiger partial charge in [0.2, 0.25) is 0 Å². The van der Waals surface area contributed by atoms with Crippen molar-refractivity contribution in [3.8, 4) is 0 Å². The summed E-state index contributed by atoms with van der Waals surface area (Å²) in [4.78, 5) is 11.3. The van der Waals surface area contributed by atoms with Gasteiger partial charge in [0.25, 0.3) is 5.92 Å². The molecule has 0 N–H and O–H groups in total. The van der Waals surface area contributed by atoms with Crippen molar-refractivity contribution in [1.29, 1.82) is 0 Å². The molecule has 0 aliphatic rings. The number of ether oxygens (including phenoxy) is 1. The number of hydrogen-bond donors (Lipinski definition) is 0. The van der Waals surface area contributed by atoms with Crippen molar-refractivity contribution >= 4 is 5.97 Å². The van der Waals surface area contributed by atoms with Crippen LogP contribution in [0.3, 0.4) is 0 Å². The van der Waals surface area contributed by atoms with Crippen LogP contribution in [0.25, 0.3) is 0 Å². The number of rotatable bonds is 6. The quantitative estimate of drug-likeness (QED) is 0.722. The van der Waals surface area contributed by atoms with E-state index in [1.807, 2.05) is 0 Å². The van der Waals surface area contributed by atoms with Crippen LogP contribution >= 0.6 is 0 Å². The number of esters is 1. The van der Waals surface area contributed by atoms with E-state index < -0.39 is 11.8 Å². The summed E-state index contributed by atoms with van der Waals surface area (Å²) >= 11 is 0. The third kappa shape index (κ3) is 3.95. The lowest BCUT2D eigenvalue weighted by Crippen LogP contribution is -2.23. The molecule has 4 heteroatoms. The molecule has 0 amide bonds. The fraction of sp³-hybridized carbons (Fsp3) is 0.316. The van der Waals surface area contributed by atoms with Crippen LogP contribution < -0.4 is 0 Å². The van der Waals surface area contributed by atoms with Crippen LogP contribution in [0.2, 0.25) is 0 Å². The topological polar surface area (TPSA) is 26.3 Å². The Morgan fingerprint density at radius 3 is 2.22 bits per heavy atom. The van der Waals surface area contributed by atoms with Crippen molar-refractivity contribution in [1.82, 2.24) is 0 Å². The van der Waals surface area contributed by atoms with Gasteiger partial charge in [-0.2, -0.15) is 0 Å². The van der Waals surface area contributed by atoms with Crippen LogP contribution in [0, 0.1) is 0 Å². The van der Waals surface area contributed by atoms with Gasteiger partial charge in [0.05, 0.1) is 19.4 Å². The highest BCUT2D eigenvalue weighted by atomic mass is 19.3. The van der Waals surface area contributed by atoms with Crippen LogP contribution in [0.5, 0.6) is 0 Å². The Morgan fingerprint density at radius 2 is 1.70 bits per heavy atom. The Balaban J connectivity index is 2.25. The predicted octanol–water partition coefficient (Wildman–Crippen LogP) is 4.69. The van der Waals surface area contributed by atoms with Gasteiger partial charge in [-0.3, -0.25) is 4.79 Å². The van der Waals surface area contributed by atoms with Crippen molar-refractivity contribution in [2.45, 2.75) is 31.6 Å². The van der Waals surface area contributed by atoms with Crippen molar-refractivity contribution in [3.63, 3.8) is 0 Å². The van der Waals surface area contributed by atoms with Crippen molar-refractivity contribution in [2.75, 3.05) is 7.11 Å². The van der Waals surface area contributed by atoms with E-state index in [0.29, 0.717) is 12.0 Å². The molecular formula is C19H20F2O2. The molecule has 2 aromatic rings. The molecule has 1 atom stereocenters. The lowest BCUT2D eigenvalue weighted by Gasteiger charge is -2.27. The van der Waals surface area contributed by atoms with E-state index in [1.54, 1.807) is 49.4 Å². The summed E-state index contributed by atoms with van der Waals surface area (Å²) in [5.74, 6) is -4.20. The minimum atomic E-state index is -2.94. The molecule has 0 aliphatic carbocycles. The SMILES string of the molecule is CCC(c1ccc(CC(=O)OC)cc1)C(F)(F)c1ccccc1. The smallest absolute Gasteiger partial charge is 0.309 e. The number of benzene rings is 2. The third-order valence-electron chi connectivity index (χ3n) is 3.96. The molecular weight excluding hydrogens is 298 g/mol. The van der Waals surface area contributed by atoms with Gasteiger partial charge in [-0.25, -0.2) is 8.78 Å². The first kappa shape index (κ1) is 17.1. The minimum Gasteiger partial charge on any atom is -0.469 e. The summed E-state index contributed by atoms with van der Waals surface area (Å²) in [6, 6.07) is 14.6. The molecule has 0 radical (unpaired) electrons. The maximum atomic E-state index is 14.8. The van der Waals surface area contributed by atoms with E-state index in [0.717, 1.165) is 5.56 Å². The van der Waals surface area contributed by atoms with Crippen LogP contribution in [0.15, 0.2) is 54.6 Å². The van der Waals surface area contributed by atoms with Crippen molar-refractivity contribution in [3.05, 3.63) is 71.3 Å². The number of alkyl halides is 2. The monoisotopic (exact) mass is 318 g/mol. The second-order valence-electron chi connectivity index (χ2n) is 5.44. The molecule has 2 nitrogen and oxygen atoms in total. The van der Waals surface area contributed by atoms with E-state index in [4.69, 9.17) is 0 Å². The number of carbonyl (C=O) groups excluding carboxylic acids is 1. The molecule has 0 saturated heterocycles. The molecule has 0 spiro atoms. The Morgan fingerprint density at radius 1 is 1.09 bits per heavy atom. The fourth-order valence-corrected chi connectivity index (χ4v) is 2.67. The predicted molar refractivity (Wildman–Crippen MR) is 85.5 cm³/mol. The van der Waals surface area contributed by atoms with E-state index in [-0.39, 0.29) is 18.0 Å². The van der Waals surface area contributed by atoms with Gasteiger partial charge < -0.3 is 4.74 Å². The van der Waals surface area contributed by atoms with E-state index in [2.05, 4.69) is 4.74 Å². The molecule has 2 aromatic carbocycles. The van der Waals surface area contributed by atoms with Crippen LogP contribution in [-0.4, -0.2) is 13.1 Å². The van der Waals surface area contributed by atoms with Crippen molar-refractivity contribution < 1.29 is 18.3 Å². The van der Waals surface area contributed by atoms with Gasteiger partial charge in [-0.15, -0.1) is 0 Å². The number of carbonyl (C=O) groups is 1. The Bertz CT molecular complexity index is 636. The molecule has 1 unspecified atom stereocenters. The number of methoxy groups -OCH3 is 1. The molecule has 0 saturated carbocycles. The van der Waals surface area contributed by atoms with E-state index >= 15 is 0 Å². The van der Waals surface area contributed by atoms with E-state index in [9.17, 15) is 13.6 Å². The number of halogens is 2. The Hall–Kier alpha value is -2.23. The van der Waals surface area contributed by atoms with Gasteiger partial charge in [0.15, 0.2) is 0 Å². The molecule has 122 valence electrons. The molecule has 0 bridgehead atoms. The minimum absolute atomic E-state index is 0.0190. The van der Waals surface area contributed by atoms with Gasteiger partial charge in [0.1, 0.15) is 0 Å². The third-order valence-corrected chi connectivity index (χ3v) is 3.96. The normalized spacial score (nSPS) is 12.7. The first-order chi connectivity index (χ1) is 11.0. The molecule has 0 aliphatic heterocycles. The second kappa shape index (κ2) is 7.36. The average molecular weight is 318 g/mol. The summed E-state index contributed by atoms with van der Waals surface area (Å²) in [6.07, 6.45) is 0.459. The van der Waals surface area contributed by atoms with Crippen LogP contribution in [0.4, 0.5) is 8.78 Å². The average Bonchev–Trinajstić information content (AvgIpc) is 2.57. The largest absolute Gasteiger partial charge is 0.469 e. The summed E-state index contributed by atoms with van der Waals surface area (Å²) in [5, 5.41) is 0. The Labute approximate surface area is 135 Å².